The summed E-state index contributed by atoms with van der Waals surface area (Å²) in [4.78, 5) is 49.5. The Hall–Kier alpha value is -5.59. The number of aromatic nitrogens is 4. The lowest BCUT2D eigenvalue weighted by molar-refractivity contribution is -0.865. The second kappa shape index (κ2) is 11.8. The van der Waals surface area contributed by atoms with Crippen LogP contribution in [0.2, 0.25) is 0 Å². The van der Waals surface area contributed by atoms with Crippen LogP contribution in [0.25, 0.3) is 22.5 Å². The van der Waals surface area contributed by atoms with E-state index in [2.05, 4.69) is 15.3 Å². The fraction of sp³-hybridized carbons (Fsp3) is 0.182. The summed E-state index contributed by atoms with van der Waals surface area (Å²) in [5.74, 6) is -0.445. The third-order valence-electron chi connectivity index (χ3n) is 7.92. The Morgan fingerprint density at radius 1 is 1.02 bits per heavy atom. The molecule has 3 aromatic carbocycles. The van der Waals surface area contributed by atoms with Crippen LogP contribution < -0.4 is 21.6 Å². The first-order chi connectivity index (χ1) is 21.6. The van der Waals surface area contributed by atoms with Crippen molar-refractivity contribution in [1.82, 2.24) is 19.1 Å². The molecule has 2 aromatic heterocycles. The third kappa shape index (κ3) is 5.96. The van der Waals surface area contributed by atoms with E-state index in [0.717, 1.165) is 12.8 Å². The van der Waals surface area contributed by atoms with E-state index in [1.807, 2.05) is 6.07 Å². The fourth-order valence-corrected chi connectivity index (χ4v) is 5.22. The third-order valence-corrected chi connectivity index (χ3v) is 7.92. The average Bonchev–Trinajstić information content (AvgIpc) is 3.86. The molecule has 0 aliphatic heterocycles. The standard InChI is InChI=1S/C33H32N8O4/c1-38(28(42)12-7-19-41(2,45)27-17-18-27)25-10-6-11-26(20-25)40-31-29(30(34)35-21-36-31)39(33(40)44)24-15-13-23(14-16-24)37-32(43)22-8-4-3-5-9-22/h3-16,20-21,27H,17-19H2,1-2H3,(H,37,43)(H2,34,35,36). The van der Waals surface area contributed by atoms with Gasteiger partial charge in [-0.05, 0) is 60.7 Å². The Balaban J connectivity index is 1.30. The predicted molar refractivity (Wildman–Crippen MR) is 173 cm³/mol. The van der Waals surface area contributed by atoms with Crippen LogP contribution >= 0.6 is 0 Å². The summed E-state index contributed by atoms with van der Waals surface area (Å²) in [6.45, 7) is 0.223. The number of hydrogen-bond donors (Lipinski definition) is 2. The number of hydrogen-bond acceptors (Lipinski definition) is 7. The predicted octanol–water partition coefficient (Wildman–Crippen LogP) is 4.03. The highest BCUT2D eigenvalue weighted by Gasteiger charge is 2.34. The molecular formula is C33H32N8O4. The number of rotatable bonds is 9. The van der Waals surface area contributed by atoms with Gasteiger partial charge in [-0.1, -0.05) is 24.3 Å². The molecule has 0 spiro atoms. The van der Waals surface area contributed by atoms with Gasteiger partial charge in [0.2, 0.25) is 0 Å². The number of nitrogen functional groups attached to an aromatic ring is 1. The van der Waals surface area contributed by atoms with Crippen LogP contribution in [-0.2, 0) is 4.79 Å². The Bertz CT molecular complexity index is 1980. The molecule has 3 N–H and O–H groups in total. The van der Waals surface area contributed by atoms with Crippen LogP contribution in [0, 0.1) is 5.21 Å². The molecule has 228 valence electrons. The maximum absolute atomic E-state index is 14.0. The average molecular weight is 605 g/mol. The maximum atomic E-state index is 14.0. The van der Waals surface area contributed by atoms with Crippen molar-refractivity contribution in [2.45, 2.75) is 18.9 Å². The number of nitrogens with two attached hydrogens (primary N) is 1. The minimum absolute atomic E-state index is 0.107. The summed E-state index contributed by atoms with van der Waals surface area (Å²) in [5, 5.41) is 15.4. The van der Waals surface area contributed by atoms with Gasteiger partial charge in [0.25, 0.3) is 11.8 Å². The maximum Gasteiger partial charge on any atom is 0.339 e. The van der Waals surface area contributed by atoms with Crippen LogP contribution in [0.1, 0.15) is 23.2 Å². The summed E-state index contributed by atoms with van der Waals surface area (Å²) in [7, 11) is 3.25. The number of likely N-dealkylation sites (N-methyl/N-ethyl adjacent to an activating group) is 2. The Morgan fingerprint density at radius 3 is 2.47 bits per heavy atom. The molecule has 1 atom stereocenters. The molecule has 2 amide bonds. The van der Waals surface area contributed by atoms with E-state index < -0.39 is 5.69 Å². The highest BCUT2D eigenvalue weighted by molar-refractivity contribution is 6.04. The lowest BCUT2D eigenvalue weighted by Gasteiger charge is -2.38. The van der Waals surface area contributed by atoms with Crippen molar-refractivity contribution in [3.05, 3.63) is 119 Å². The number of carbonyl (C=O) groups is 2. The topological polar surface area (TPSA) is 151 Å². The van der Waals surface area contributed by atoms with E-state index in [-0.39, 0.29) is 40.5 Å². The van der Waals surface area contributed by atoms with Crippen LogP contribution in [0.3, 0.4) is 0 Å². The zero-order valence-electron chi connectivity index (χ0n) is 24.8. The number of anilines is 3. The van der Waals surface area contributed by atoms with E-state index in [0.29, 0.717) is 33.8 Å². The summed E-state index contributed by atoms with van der Waals surface area (Å²) in [6.07, 6.45) is 6.14. The SMILES string of the molecule is CN(C(=O)C=CC[N+](C)([O-])C1CC1)c1cccc(-n2c(=O)n(-c3ccc(NC(=O)c4ccccc4)cc3)c3c(N)ncnc32)c1. The number of nitrogens with zero attached hydrogens (tertiary/aromatic N) is 6. The first-order valence-electron chi connectivity index (χ1n) is 14.5. The smallest absolute Gasteiger partial charge is 0.339 e. The summed E-state index contributed by atoms with van der Waals surface area (Å²) in [6, 6.07) is 22.7. The molecule has 5 aromatic rings. The first kappa shape index (κ1) is 29.5. The van der Waals surface area contributed by atoms with Gasteiger partial charge in [-0.3, -0.25) is 14.2 Å². The highest BCUT2D eigenvalue weighted by atomic mass is 16.5. The molecule has 0 saturated heterocycles. The van der Waals surface area contributed by atoms with Crippen molar-refractivity contribution in [3.63, 3.8) is 0 Å². The molecule has 2 heterocycles. The highest BCUT2D eigenvalue weighted by Crippen LogP contribution is 2.31. The van der Waals surface area contributed by atoms with Crippen molar-refractivity contribution in [2.24, 2.45) is 0 Å². The van der Waals surface area contributed by atoms with E-state index in [4.69, 9.17) is 5.73 Å². The second-order valence-corrected chi connectivity index (χ2v) is 11.2. The molecule has 6 rings (SSSR count). The number of fused-ring (bicyclic) bond motifs is 1. The molecule has 1 unspecified atom stereocenters. The number of benzene rings is 3. The summed E-state index contributed by atoms with van der Waals surface area (Å²) < 4.78 is 2.44. The van der Waals surface area contributed by atoms with E-state index in [1.54, 1.807) is 93.0 Å². The molecule has 1 saturated carbocycles. The molecule has 1 fully saturated rings. The summed E-state index contributed by atoms with van der Waals surface area (Å²) >= 11 is 0. The minimum Gasteiger partial charge on any atom is -0.633 e. The molecule has 45 heavy (non-hydrogen) atoms. The van der Waals surface area contributed by atoms with Gasteiger partial charge in [-0.15, -0.1) is 0 Å². The van der Waals surface area contributed by atoms with Gasteiger partial charge < -0.3 is 25.8 Å². The molecular weight excluding hydrogens is 572 g/mol. The Morgan fingerprint density at radius 2 is 1.76 bits per heavy atom. The molecule has 0 radical (unpaired) electrons. The Labute approximate surface area is 258 Å². The fourth-order valence-electron chi connectivity index (χ4n) is 5.22. The molecule has 12 nitrogen and oxygen atoms in total. The van der Waals surface area contributed by atoms with Gasteiger partial charge >= 0.3 is 5.69 Å². The molecule has 1 aliphatic carbocycles. The van der Waals surface area contributed by atoms with Crippen molar-refractivity contribution in [1.29, 1.82) is 0 Å². The number of hydroxylamine groups is 3. The van der Waals surface area contributed by atoms with Crippen LogP contribution in [0.5, 0.6) is 0 Å². The van der Waals surface area contributed by atoms with Gasteiger partial charge in [-0.25, -0.2) is 19.3 Å². The van der Waals surface area contributed by atoms with Crippen molar-refractivity contribution in [2.75, 3.05) is 36.6 Å². The monoisotopic (exact) mass is 604 g/mol. The second-order valence-electron chi connectivity index (χ2n) is 11.2. The van der Waals surface area contributed by atoms with Crippen LogP contribution in [0.15, 0.2) is 102 Å². The van der Waals surface area contributed by atoms with Crippen LogP contribution in [0.4, 0.5) is 17.2 Å². The van der Waals surface area contributed by atoms with Gasteiger partial charge in [0.1, 0.15) is 11.8 Å². The van der Waals surface area contributed by atoms with Crippen LogP contribution in [-0.4, -0.2) is 62.2 Å². The molecule has 0 bridgehead atoms. The number of carbonyl (C=O) groups excluding carboxylic acids is 2. The number of amides is 2. The number of imidazole rings is 1. The normalized spacial score (nSPS) is 14.4. The van der Waals surface area contributed by atoms with E-state index in [9.17, 15) is 19.6 Å². The van der Waals surface area contributed by atoms with Gasteiger partial charge in [0, 0.05) is 42.9 Å². The lowest BCUT2D eigenvalue weighted by atomic mass is 10.2. The largest absolute Gasteiger partial charge is 0.633 e. The van der Waals surface area contributed by atoms with E-state index in [1.165, 1.54) is 26.4 Å². The van der Waals surface area contributed by atoms with Gasteiger partial charge in [0.05, 0.1) is 31.0 Å². The van der Waals surface area contributed by atoms with Crippen molar-refractivity contribution in [3.8, 4) is 11.4 Å². The zero-order valence-corrected chi connectivity index (χ0v) is 24.8. The summed E-state index contributed by atoms with van der Waals surface area (Å²) in [5.41, 5.74) is 8.99. The number of nitrogens with one attached hydrogen (secondary N) is 1. The zero-order chi connectivity index (χ0) is 31.7. The van der Waals surface area contributed by atoms with E-state index >= 15 is 0 Å². The van der Waals surface area contributed by atoms with Crippen molar-refractivity contribution >= 4 is 40.2 Å². The van der Waals surface area contributed by atoms with Gasteiger partial charge in [-0.2, -0.15) is 0 Å². The van der Waals surface area contributed by atoms with Gasteiger partial charge in [0.15, 0.2) is 11.5 Å². The van der Waals surface area contributed by atoms with Crippen molar-refractivity contribution < 1.29 is 14.2 Å². The number of quaternary nitrogens is 1. The quantitative estimate of drug-likeness (QED) is 0.146. The molecule has 12 heteroatoms. The lowest BCUT2D eigenvalue weighted by Crippen LogP contribution is -2.40. The first-order valence-corrected chi connectivity index (χ1v) is 14.5. The minimum atomic E-state index is -0.447. The molecule has 1 aliphatic rings. The Kier molecular flexibility index (Phi) is 7.75.